The molecule has 3 fully saturated rings. The van der Waals surface area contributed by atoms with Crippen molar-refractivity contribution < 1.29 is 14.1 Å². The molecule has 0 bridgehead atoms. The SMILES string of the molecule is CCCCCCC[C@@H]1C[C@@H]2CC[C@H]3[C@@H](C(=O)O[C@@H](C)CCCCCCC[C@@H]4C[C@@H]5CC[C@@H]6C[C@H](C)NC(=[N+]65)N4)[C@@H](C)N=C(N1)N23. The number of carbonyl (C=O) groups is 1. The first-order valence-corrected chi connectivity index (χ1v) is 19.4. The number of hydrogen-bond acceptors (Lipinski definition) is 7. The summed E-state index contributed by atoms with van der Waals surface area (Å²) in [7, 11) is 0. The van der Waals surface area contributed by atoms with Crippen LogP contribution >= 0.6 is 0 Å². The number of carbonyl (C=O) groups excluding carboxylic acids is 1. The van der Waals surface area contributed by atoms with Crippen LogP contribution in [0.5, 0.6) is 0 Å². The van der Waals surface area contributed by atoms with Gasteiger partial charge in [0.15, 0.2) is 5.96 Å². The largest absolute Gasteiger partial charge is 0.462 e. The maximum absolute atomic E-state index is 13.5. The number of esters is 1. The molecule has 8 heteroatoms. The highest BCUT2D eigenvalue weighted by atomic mass is 16.5. The topological polar surface area (TPSA) is 81.0 Å². The summed E-state index contributed by atoms with van der Waals surface area (Å²) in [6, 6.07) is 3.99. The van der Waals surface area contributed by atoms with Gasteiger partial charge in [0.1, 0.15) is 0 Å². The van der Waals surface area contributed by atoms with Crippen molar-refractivity contribution in [1.82, 2.24) is 20.9 Å². The molecule has 45 heavy (non-hydrogen) atoms. The summed E-state index contributed by atoms with van der Waals surface area (Å²) in [5.74, 6) is 2.22. The molecule has 254 valence electrons. The minimum atomic E-state index is -0.144. The lowest BCUT2D eigenvalue weighted by molar-refractivity contribution is -0.593. The van der Waals surface area contributed by atoms with Gasteiger partial charge in [-0.25, -0.2) is 4.99 Å². The van der Waals surface area contributed by atoms with Crippen LogP contribution in [0.2, 0.25) is 0 Å². The molecular formula is C37H65N6O2+. The van der Waals surface area contributed by atoms with E-state index in [0.717, 1.165) is 37.3 Å². The van der Waals surface area contributed by atoms with Crippen LogP contribution in [0.25, 0.3) is 0 Å². The summed E-state index contributed by atoms with van der Waals surface area (Å²) in [6.07, 6.45) is 25.1. The van der Waals surface area contributed by atoms with Crippen LogP contribution in [0.1, 0.15) is 156 Å². The van der Waals surface area contributed by atoms with Crippen LogP contribution in [-0.4, -0.2) is 81.8 Å². The van der Waals surface area contributed by atoms with E-state index in [-0.39, 0.29) is 30.1 Å². The molecule has 0 radical (unpaired) electrons. The van der Waals surface area contributed by atoms with E-state index in [1.165, 1.54) is 115 Å². The van der Waals surface area contributed by atoms with E-state index < -0.39 is 0 Å². The number of rotatable bonds is 16. The number of nitrogens with zero attached hydrogens (tertiary/aromatic N) is 3. The first-order chi connectivity index (χ1) is 21.9. The van der Waals surface area contributed by atoms with Gasteiger partial charge in [-0.3, -0.25) is 20.0 Å². The van der Waals surface area contributed by atoms with Crippen LogP contribution in [0, 0.1) is 5.92 Å². The Bertz CT molecular complexity index is 1060. The fraction of sp³-hybridized carbons (Fsp3) is 0.919. The van der Waals surface area contributed by atoms with Crippen LogP contribution < -0.4 is 16.0 Å². The smallest absolute Gasteiger partial charge is 0.346 e. The predicted molar refractivity (Wildman–Crippen MR) is 183 cm³/mol. The van der Waals surface area contributed by atoms with Crippen molar-refractivity contribution in [2.75, 3.05) is 0 Å². The van der Waals surface area contributed by atoms with Crippen molar-refractivity contribution >= 4 is 17.9 Å². The number of ether oxygens (including phenoxy) is 1. The van der Waals surface area contributed by atoms with Crippen molar-refractivity contribution in [3.63, 3.8) is 0 Å². The summed E-state index contributed by atoms with van der Waals surface area (Å²) < 4.78 is 8.77. The molecule has 3 saturated heterocycles. The third-order valence-corrected chi connectivity index (χ3v) is 12.1. The minimum Gasteiger partial charge on any atom is -0.462 e. The Hall–Kier alpha value is -1.99. The molecule has 8 nitrogen and oxygen atoms in total. The fourth-order valence-corrected chi connectivity index (χ4v) is 9.85. The van der Waals surface area contributed by atoms with Gasteiger partial charge in [-0.15, -0.1) is 0 Å². The number of unbranched alkanes of at least 4 members (excludes halogenated alkanes) is 8. The molecule has 3 N–H and O–H groups in total. The van der Waals surface area contributed by atoms with E-state index in [1.54, 1.807) is 0 Å². The zero-order chi connectivity index (χ0) is 31.3. The molecule has 6 rings (SSSR count). The summed E-state index contributed by atoms with van der Waals surface area (Å²) >= 11 is 0. The highest BCUT2D eigenvalue weighted by Crippen LogP contribution is 2.40. The molecule has 6 aliphatic rings. The number of hydrogen-bond donors (Lipinski definition) is 3. The molecule has 0 aromatic rings. The molecule has 0 saturated carbocycles. The van der Waals surface area contributed by atoms with Gasteiger partial charge in [0.2, 0.25) is 0 Å². The van der Waals surface area contributed by atoms with E-state index in [0.29, 0.717) is 24.2 Å². The lowest BCUT2D eigenvalue weighted by Gasteiger charge is -2.47. The average molecular weight is 626 g/mol. The third kappa shape index (κ3) is 7.77. The maximum Gasteiger partial charge on any atom is 0.346 e. The van der Waals surface area contributed by atoms with Crippen LogP contribution in [0.15, 0.2) is 4.99 Å². The lowest BCUT2D eigenvalue weighted by Crippen LogP contribution is -2.63. The van der Waals surface area contributed by atoms with Gasteiger partial charge in [-0.2, -0.15) is 0 Å². The summed E-state index contributed by atoms with van der Waals surface area (Å²) in [5, 5.41) is 11.4. The van der Waals surface area contributed by atoms with Crippen molar-refractivity contribution in [1.29, 1.82) is 0 Å². The highest BCUT2D eigenvalue weighted by molar-refractivity contribution is 5.86. The van der Waals surface area contributed by atoms with E-state index in [2.05, 4.69) is 53.1 Å². The summed E-state index contributed by atoms with van der Waals surface area (Å²) in [4.78, 5) is 21.0. The molecule has 0 unspecified atom stereocenters. The molecule has 0 amide bonds. The van der Waals surface area contributed by atoms with Gasteiger partial charge in [-0.05, 0) is 78.6 Å². The van der Waals surface area contributed by atoms with Gasteiger partial charge in [0, 0.05) is 31.0 Å². The van der Waals surface area contributed by atoms with E-state index in [4.69, 9.17) is 9.73 Å². The van der Waals surface area contributed by atoms with Crippen LogP contribution in [0.3, 0.4) is 0 Å². The van der Waals surface area contributed by atoms with Crippen LogP contribution in [-0.2, 0) is 9.53 Å². The Kier molecular flexibility index (Phi) is 11.2. The normalized spacial score (nSPS) is 35.5. The monoisotopic (exact) mass is 626 g/mol. The van der Waals surface area contributed by atoms with Gasteiger partial charge >= 0.3 is 11.9 Å². The average Bonchev–Trinajstić information content (AvgIpc) is 3.61. The molecule has 0 aromatic heterocycles. The first-order valence-electron chi connectivity index (χ1n) is 19.4. The number of nitrogens with one attached hydrogen (secondary N) is 3. The van der Waals surface area contributed by atoms with E-state index >= 15 is 0 Å². The molecule has 0 aromatic carbocycles. The number of guanidine groups is 2. The van der Waals surface area contributed by atoms with E-state index in [1.807, 2.05) is 0 Å². The molecule has 6 aliphatic heterocycles. The van der Waals surface area contributed by atoms with Crippen molar-refractivity contribution in [2.24, 2.45) is 10.9 Å². The van der Waals surface area contributed by atoms with Crippen molar-refractivity contribution in [2.45, 2.75) is 211 Å². The second-order valence-electron chi connectivity index (χ2n) is 15.8. The van der Waals surface area contributed by atoms with Crippen molar-refractivity contribution in [3.05, 3.63) is 0 Å². The van der Waals surface area contributed by atoms with Crippen LogP contribution in [0.4, 0.5) is 0 Å². The Balaban J connectivity index is 0.868. The number of aliphatic imine (C=N–C) groups is 1. The molecule has 0 spiro atoms. The molecule has 6 heterocycles. The van der Waals surface area contributed by atoms with Crippen molar-refractivity contribution in [3.8, 4) is 0 Å². The Labute approximate surface area is 274 Å². The molecule has 0 aliphatic carbocycles. The van der Waals surface area contributed by atoms with Gasteiger partial charge in [0.05, 0.1) is 42.2 Å². The second-order valence-corrected chi connectivity index (χ2v) is 15.8. The third-order valence-electron chi connectivity index (χ3n) is 12.1. The zero-order valence-corrected chi connectivity index (χ0v) is 29.1. The summed E-state index contributed by atoms with van der Waals surface area (Å²) in [5.41, 5.74) is 0. The minimum absolute atomic E-state index is 0.0177. The second kappa shape index (κ2) is 15.3. The predicted octanol–water partition coefficient (Wildman–Crippen LogP) is 6.22. The molecular weight excluding hydrogens is 560 g/mol. The van der Waals surface area contributed by atoms with Gasteiger partial charge in [0.25, 0.3) is 0 Å². The zero-order valence-electron chi connectivity index (χ0n) is 29.1. The first kappa shape index (κ1) is 32.9. The molecule has 10 atom stereocenters. The highest BCUT2D eigenvalue weighted by Gasteiger charge is 2.51. The lowest BCUT2D eigenvalue weighted by atomic mass is 9.89. The Morgan fingerprint density at radius 1 is 0.867 bits per heavy atom. The van der Waals surface area contributed by atoms with Gasteiger partial charge in [-0.1, -0.05) is 64.7 Å². The standard InChI is InChI=1S/C37H64N6O2/c1-5-6-7-9-13-16-29-24-32-20-21-33-34(27(4)39-37(41-29)43(32)33)35(44)45-26(3)15-12-10-8-11-14-17-28-23-31-19-18-30-22-25(2)38-36(40-28)42(30)31/h25-34H,5-24H2,1-4H3,(H2,38,39,40,41)/p+1/t25-,26-,27+,28+,29+,30+,31-,32-,33-,34-/m0/s1. The summed E-state index contributed by atoms with van der Waals surface area (Å²) in [6.45, 7) is 8.82. The Morgan fingerprint density at radius 3 is 2.33 bits per heavy atom. The quantitative estimate of drug-likeness (QED) is 0.107. The maximum atomic E-state index is 13.5. The Morgan fingerprint density at radius 2 is 1.56 bits per heavy atom. The van der Waals surface area contributed by atoms with Gasteiger partial charge < -0.3 is 15.0 Å². The van der Waals surface area contributed by atoms with E-state index in [9.17, 15) is 4.79 Å². The fourth-order valence-electron chi connectivity index (χ4n) is 9.85.